The maximum atomic E-state index is 12.0. The molecule has 0 saturated carbocycles. The second-order valence-electron chi connectivity index (χ2n) is 8.02. The Morgan fingerprint density at radius 1 is 0.889 bits per heavy atom. The highest BCUT2D eigenvalue weighted by atomic mass is 79.9. The van der Waals surface area contributed by atoms with Crippen molar-refractivity contribution in [2.24, 2.45) is 0 Å². The van der Waals surface area contributed by atoms with Crippen molar-refractivity contribution in [3.05, 3.63) is 74.4 Å². The summed E-state index contributed by atoms with van der Waals surface area (Å²) in [6.07, 6.45) is 3.36. The average molecular weight is 641 g/mol. The van der Waals surface area contributed by atoms with Crippen LogP contribution >= 0.6 is 44.3 Å². The van der Waals surface area contributed by atoms with E-state index in [1.54, 1.807) is 19.5 Å². The van der Waals surface area contributed by atoms with Crippen LogP contribution in [0.3, 0.4) is 0 Å². The molecule has 0 spiro atoms. The van der Waals surface area contributed by atoms with Gasteiger partial charge < -0.3 is 20.7 Å². The molecule has 0 bridgehead atoms. The molecule has 3 aromatic rings. The Bertz CT molecular complexity index is 1230. The number of fused-ring (bicyclic) bond motifs is 2. The summed E-state index contributed by atoms with van der Waals surface area (Å²) in [4.78, 5) is 33.6. The molecule has 12 heteroatoms. The molecule has 0 saturated heterocycles. The number of aromatic nitrogens is 2. The maximum Gasteiger partial charge on any atom is 0.239 e. The largest absolute Gasteiger partial charge is 0.497 e. The van der Waals surface area contributed by atoms with E-state index in [4.69, 9.17) is 4.74 Å². The van der Waals surface area contributed by atoms with Gasteiger partial charge in [0.25, 0.3) is 0 Å². The highest BCUT2D eigenvalue weighted by Gasteiger charge is 2.20. The minimum atomic E-state index is -0.0476. The van der Waals surface area contributed by atoms with Crippen LogP contribution in [0.25, 0.3) is 0 Å². The van der Waals surface area contributed by atoms with Gasteiger partial charge in [-0.25, -0.2) is 9.97 Å². The third kappa shape index (κ3) is 7.71. The minimum Gasteiger partial charge on any atom is -0.497 e. The first-order chi connectivity index (χ1) is 16.9. The molecule has 0 aliphatic carbocycles. The van der Waals surface area contributed by atoms with E-state index in [1.165, 1.54) is 0 Å². The van der Waals surface area contributed by atoms with E-state index >= 15 is 0 Å². The summed E-state index contributed by atoms with van der Waals surface area (Å²) in [6.45, 7) is 2.73. The van der Waals surface area contributed by atoms with Gasteiger partial charge in [-0.3, -0.25) is 14.5 Å². The van der Waals surface area contributed by atoms with Gasteiger partial charge in [-0.15, -0.1) is 12.4 Å². The van der Waals surface area contributed by atoms with Crippen molar-refractivity contribution in [1.29, 1.82) is 0 Å². The Labute approximate surface area is 232 Å². The number of amides is 2. The van der Waals surface area contributed by atoms with Crippen molar-refractivity contribution in [3.8, 4) is 5.75 Å². The van der Waals surface area contributed by atoms with E-state index in [0.717, 1.165) is 31.4 Å². The minimum absolute atomic E-state index is 0. The summed E-state index contributed by atoms with van der Waals surface area (Å²) in [5.74, 6) is 2.04. The molecular weight excluding hydrogens is 616 g/mol. The number of anilines is 2. The quantitative estimate of drug-likeness (QED) is 0.396. The zero-order valence-corrected chi connectivity index (χ0v) is 23.4. The highest BCUT2D eigenvalue weighted by molar-refractivity contribution is 9.10. The third-order valence-corrected chi connectivity index (χ3v) is 6.18. The van der Waals surface area contributed by atoms with Gasteiger partial charge in [-0.05, 0) is 61.7 Å². The number of carbonyl (C=O) groups is 2. The summed E-state index contributed by atoms with van der Waals surface area (Å²) in [5, 5.41) is 8.57. The first-order valence-electron chi connectivity index (χ1n) is 10.8. The number of carbonyl (C=O) groups excluding carboxylic acids is 2. The van der Waals surface area contributed by atoms with Gasteiger partial charge in [0.15, 0.2) is 0 Å². The lowest BCUT2D eigenvalue weighted by molar-refractivity contribution is -0.117. The second kappa shape index (κ2) is 13.1. The van der Waals surface area contributed by atoms with Crippen molar-refractivity contribution in [2.75, 3.05) is 30.8 Å². The van der Waals surface area contributed by atoms with Gasteiger partial charge in [0, 0.05) is 52.1 Å². The number of nitrogens with zero attached hydrogens (tertiary/aromatic N) is 3. The van der Waals surface area contributed by atoms with Gasteiger partial charge in [-0.1, -0.05) is 12.1 Å². The predicted octanol–water partition coefficient (Wildman–Crippen LogP) is 4.11. The average Bonchev–Trinajstić information content (AvgIpc) is 3.11. The maximum absolute atomic E-state index is 12.0. The summed E-state index contributed by atoms with van der Waals surface area (Å²) in [5.41, 5.74) is 3.15. The van der Waals surface area contributed by atoms with Crippen LogP contribution in [0.15, 0.2) is 57.7 Å². The first-order valence-corrected chi connectivity index (χ1v) is 12.4. The number of hydrogen-bond acceptors (Lipinski definition) is 7. The number of methoxy groups -OCH3 is 1. The van der Waals surface area contributed by atoms with Crippen LogP contribution < -0.4 is 20.7 Å². The molecular formula is C24H25Br2ClN6O3. The smallest absolute Gasteiger partial charge is 0.239 e. The molecule has 4 heterocycles. The molecule has 2 aliphatic rings. The molecule has 5 rings (SSSR count). The molecule has 2 amide bonds. The van der Waals surface area contributed by atoms with Crippen LogP contribution in [0.4, 0.5) is 11.6 Å². The van der Waals surface area contributed by atoms with Crippen molar-refractivity contribution in [1.82, 2.24) is 20.2 Å². The van der Waals surface area contributed by atoms with Crippen LogP contribution in [0, 0.1) is 0 Å². The summed E-state index contributed by atoms with van der Waals surface area (Å²) >= 11 is 6.75. The van der Waals surface area contributed by atoms with Gasteiger partial charge in [0.05, 0.1) is 20.2 Å². The van der Waals surface area contributed by atoms with Gasteiger partial charge in [0.1, 0.15) is 17.4 Å². The van der Waals surface area contributed by atoms with E-state index in [9.17, 15) is 9.59 Å². The molecule has 2 aliphatic heterocycles. The highest BCUT2D eigenvalue weighted by Crippen LogP contribution is 2.23. The van der Waals surface area contributed by atoms with Crippen molar-refractivity contribution in [2.45, 2.75) is 19.6 Å². The Kier molecular flexibility index (Phi) is 10.2. The lowest BCUT2D eigenvalue weighted by atomic mass is 10.2. The SMILES string of the molecule is COc1ccc(CN2CC(=O)Nc3ncc(Br)cc3C2)cc1.Cl.O=C1CNCc2cc(Br)cnc2N1. The van der Waals surface area contributed by atoms with Crippen LogP contribution in [0.1, 0.15) is 16.7 Å². The second-order valence-corrected chi connectivity index (χ2v) is 9.85. The predicted molar refractivity (Wildman–Crippen MR) is 147 cm³/mol. The van der Waals surface area contributed by atoms with E-state index in [2.05, 4.69) is 62.7 Å². The summed E-state index contributed by atoms with van der Waals surface area (Å²) in [7, 11) is 1.65. The Morgan fingerprint density at radius 2 is 1.50 bits per heavy atom. The Morgan fingerprint density at radius 3 is 2.17 bits per heavy atom. The fraction of sp³-hybridized carbons (Fsp3) is 0.250. The Hall–Kier alpha value is -2.57. The number of hydrogen-bond donors (Lipinski definition) is 3. The van der Waals surface area contributed by atoms with Crippen molar-refractivity contribution in [3.63, 3.8) is 0 Å². The molecule has 36 heavy (non-hydrogen) atoms. The molecule has 190 valence electrons. The fourth-order valence-corrected chi connectivity index (χ4v) is 4.46. The molecule has 0 radical (unpaired) electrons. The number of rotatable bonds is 3. The third-order valence-electron chi connectivity index (χ3n) is 5.31. The number of ether oxygens (including phenoxy) is 1. The summed E-state index contributed by atoms with van der Waals surface area (Å²) in [6, 6.07) is 11.8. The van der Waals surface area contributed by atoms with Crippen LogP contribution in [-0.4, -0.2) is 46.9 Å². The Balaban J connectivity index is 0.000000221. The number of nitrogens with one attached hydrogen (secondary N) is 3. The van der Waals surface area contributed by atoms with Crippen molar-refractivity contribution < 1.29 is 14.3 Å². The molecule has 9 nitrogen and oxygen atoms in total. The lowest BCUT2D eigenvalue weighted by Gasteiger charge is -2.19. The summed E-state index contributed by atoms with van der Waals surface area (Å²) < 4.78 is 6.99. The van der Waals surface area contributed by atoms with E-state index in [-0.39, 0.29) is 24.2 Å². The zero-order valence-electron chi connectivity index (χ0n) is 19.4. The van der Waals surface area contributed by atoms with Gasteiger partial charge >= 0.3 is 0 Å². The normalized spacial score (nSPS) is 14.9. The molecule has 0 atom stereocenters. The molecule has 0 fully saturated rings. The van der Waals surface area contributed by atoms with Crippen LogP contribution in [0.5, 0.6) is 5.75 Å². The van der Waals surface area contributed by atoms with Gasteiger partial charge in [0.2, 0.25) is 11.8 Å². The molecule has 2 aromatic heterocycles. The molecule has 1 aromatic carbocycles. The topological polar surface area (TPSA) is 108 Å². The van der Waals surface area contributed by atoms with Crippen LogP contribution in [-0.2, 0) is 29.2 Å². The van der Waals surface area contributed by atoms with E-state index in [1.807, 2.05) is 36.4 Å². The van der Waals surface area contributed by atoms with E-state index < -0.39 is 0 Å². The lowest BCUT2D eigenvalue weighted by Crippen LogP contribution is -2.29. The first kappa shape index (κ1) is 28.0. The van der Waals surface area contributed by atoms with E-state index in [0.29, 0.717) is 44.4 Å². The zero-order chi connectivity index (χ0) is 24.8. The number of halogens is 3. The van der Waals surface area contributed by atoms with Crippen molar-refractivity contribution >= 4 is 67.7 Å². The standard InChI is InChI=1S/C16H16BrN3O2.C8H8BrN3O.ClH/c1-22-14-4-2-11(3-5-14)8-20-9-12-6-13(17)7-18-16(12)19-15(21)10-20;9-6-1-5-2-10-4-7(13)12-8(5)11-3-6;/h2-7H,8-10H2,1H3,(H,18,19,21);1,3,10H,2,4H2,(H,11,12,13);1H. The van der Waals surface area contributed by atoms with Crippen LogP contribution in [0.2, 0.25) is 0 Å². The number of pyridine rings is 2. The number of benzene rings is 1. The monoisotopic (exact) mass is 638 g/mol. The molecule has 3 N–H and O–H groups in total. The fourth-order valence-electron chi connectivity index (χ4n) is 3.70. The van der Waals surface area contributed by atoms with Gasteiger partial charge in [-0.2, -0.15) is 0 Å². The molecule has 0 unspecified atom stereocenters.